The van der Waals surface area contributed by atoms with Crippen LogP contribution in [0.25, 0.3) is 21.8 Å². The van der Waals surface area contributed by atoms with Crippen molar-refractivity contribution in [2.75, 3.05) is 41.3 Å². The molecule has 0 aliphatic rings. The number of hydrogen-bond acceptors (Lipinski definition) is 7. The molecule has 9 heteroatoms. The fraction of sp³-hybridized carbons (Fsp3) is 0.357. The molecule has 1 unspecified atom stereocenters. The molecule has 0 fully saturated rings. The largest absolute Gasteiger partial charge is 0.426 e. The van der Waals surface area contributed by atoms with E-state index in [1.54, 1.807) is 12.1 Å². The van der Waals surface area contributed by atoms with E-state index in [0.29, 0.717) is 11.5 Å². The number of carbonyl (C=O) groups is 2. The molecule has 2 heterocycles. The van der Waals surface area contributed by atoms with Crippen LogP contribution in [0, 0.1) is 0 Å². The third kappa shape index (κ3) is 6.37. The number of likely N-dealkylation sites (N-methyl/N-ethyl adjacent to an activating group) is 2. The maximum atomic E-state index is 12.8. The molecular weight excluding hydrogens is 470 g/mol. The molecule has 2 aromatic carbocycles. The van der Waals surface area contributed by atoms with Crippen molar-refractivity contribution in [1.29, 1.82) is 0 Å². The predicted octanol–water partition coefficient (Wildman–Crippen LogP) is 3.09. The molecule has 0 aliphatic carbocycles. The van der Waals surface area contributed by atoms with Crippen molar-refractivity contribution in [1.82, 2.24) is 19.8 Å². The predicted molar refractivity (Wildman–Crippen MR) is 145 cm³/mol. The molecule has 0 amide bonds. The van der Waals surface area contributed by atoms with E-state index < -0.39 is 18.0 Å². The number of fused-ring (bicyclic) bond motifs is 2. The average Bonchev–Trinajstić information content (AvgIpc) is 3.46. The minimum absolute atomic E-state index is 0.302. The fourth-order valence-corrected chi connectivity index (χ4v) is 4.30. The minimum atomic E-state index is -1.16. The van der Waals surface area contributed by atoms with Crippen LogP contribution < -0.4 is 15.2 Å². The van der Waals surface area contributed by atoms with E-state index in [2.05, 4.69) is 19.8 Å². The highest BCUT2D eigenvalue weighted by molar-refractivity contribution is 5.94. The molecule has 1 atom stereocenters. The van der Waals surface area contributed by atoms with Gasteiger partial charge in [0, 0.05) is 47.3 Å². The van der Waals surface area contributed by atoms with E-state index in [-0.39, 0.29) is 6.42 Å². The molecule has 37 heavy (non-hydrogen) atoms. The number of ether oxygens (including phenoxy) is 2. The van der Waals surface area contributed by atoms with Crippen molar-refractivity contribution in [3.05, 3.63) is 59.9 Å². The summed E-state index contributed by atoms with van der Waals surface area (Å²) in [5.41, 5.74) is 9.93. The van der Waals surface area contributed by atoms with Gasteiger partial charge in [-0.15, -0.1) is 0 Å². The van der Waals surface area contributed by atoms with Crippen LogP contribution in [0.1, 0.15) is 17.5 Å². The number of benzene rings is 2. The standard InChI is InChI=1S/C28H35N5O4/c1-32(2)13-11-18-16-30-21-7-5-9-23(26(18)21)36-25(34)15-20(29)28(35)37-24-10-6-8-22-27(24)19(17-31-22)12-14-33(3)4/h5-10,16-17,20,30-31H,11-15,29H2,1-4H3. The normalized spacial score (nSPS) is 12.5. The number of aromatic nitrogens is 2. The molecule has 0 saturated carbocycles. The van der Waals surface area contributed by atoms with E-state index in [0.717, 1.165) is 58.9 Å². The molecule has 0 saturated heterocycles. The van der Waals surface area contributed by atoms with Crippen molar-refractivity contribution in [3.8, 4) is 11.5 Å². The van der Waals surface area contributed by atoms with E-state index in [4.69, 9.17) is 15.2 Å². The smallest absolute Gasteiger partial charge is 0.328 e. The van der Waals surface area contributed by atoms with Gasteiger partial charge < -0.3 is 35.0 Å². The fourth-order valence-electron chi connectivity index (χ4n) is 4.30. The Hall–Kier alpha value is -3.66. The molecule has 0 bridgehead atoms. The molecule has 9 nitrogen and oxygen atoms in total. The van der Waals surface area contributed by atoms with E-state index >= 15 is 0 Å². The molecule has 4 rings (SSSR count). The Bertz CT molecular complexity index is 1390. The van der Waals surface area contributed by atoms with Gasteiger partial charge in [0.15, 0.2) is 0 Å². The third-order valence-electron chi connectivity index (χ3n) is 6.28. The highest BCUT2D eigenvalue weighted by Gasteiger charge is 2.23. The van der Waals surface area contributed by atoms with Gasteiger partial charge in [-0.3, -0.25) is 4.79 Å². The van der Waals surface area contributed by atoms with Gasteiger partial charge in [-0.1, -0.05) is 12.1 Å². The highest BCUT2D eigenvalue weighted by atomic mass is 16.5. The zero-order valence-corrected chi connectivity index (χ0v) is 21.8. The van der Waals surface area contributed by atoms with Gasteiger partial charge in [0.2, 0.25) is 0 Å². The highest BCUT2D eigenvalue weighted by Crippen LogP contribution is 2.31. The van der Waals surface area contributed by atoms with Crippen molar-refractivity contribution in [3.63, 3.8) is 0 Å². The molecule has 0 aliphatic heterocycles. The number of esters is 2. The zero-order valence-electron chi connectivity index (χ0n) is 21.8. The van der Waals surface area contributed by atoms with Crippen LogP contribution in [0.3, 0.4) is 0 Å². The van der Waals surface area contributed by atoms with E-state index in [9.17, 15) is 9.59 Å². The second kappa shape index (κ2) is 11.6. The lowest BCUT2D eigenvalue weighted by Gasteiger charge is -2.14. The molecule has 196 valence electrons. The Morgan fingerprint density at radius 2 is 1.30 bits per heavy atom. The molecule has 0 radical (unpaired) electrons. The van der Waals surface area contributed by atoms with Crippen LogP contribution in [0.4, 0.5) is 0 Å². The summed E-state index contributed by atoms with van der Waals surface area (Å²) in [5.74, 6) is -0.413. The Kier molecular flexibility index (Phi) is 8.27. The Morgan fingerprint density at radius 1 is 0.811 bits per heavy atom. The summed E-state index contributed by atoms with van der Waals surface area (Å²) in [6, 6.07) is 9.81. The van der Waals surface area contributed by atoms with Crippen LogP contribution in [0.15, 0.2) is 48.8 Å². The summed E-state index contributed by atoms with van der Waals surface area (Å²) < 4.78 is 11.3. The molecule has 4 N–H and O–H groups in total. The zero-order chi connectivity index (χ0) is 26.5. The summed E-state index contributed by atoms with van der Waals surface area (Å²) in [7, 11) is 8.04. The third-order valence-corrected chi connectivity index (χ3v) is 6.28. The lowest BCUT2D eigenvalue weighted by Crippen LogP contribution is -2.37. The van der Waals surface area contributed by atoms with Crippen LogP contribution in [0.5, 0.6) is 11.5 Å². The number of aromatic amines is 2. The van der Waals surface area contributed by atoms with Gasteiger partial charge in [0.05, 0.1) is 6.42 Å². The second-order valence-corrected chi connectivity index (χ2v) is 9.80. The number of hydrogen-bond donors (Lipinski definition) is 3. The van der Waals surface area contributed by atoms with E-state index in [1.165, 1.54) is 0 Å². The van der Waals surface area contributed by atoms with Gasteiger partial charge >= 0.3 is 11.9 Å². The number of H-pyrrole nitrogens is 2. The number of carbonyl (C=O) groups excluding carboxylic acids is 2. The topological polar surface area (TPSA) is 117 Å². The molecule has 0 spiro atoms. The maximum Gasteiger partial charge on any atom is 0.328 e. The lowest BCUT2D eigenvalue weighted by atomic mass is 10.1. The quantitative estimate of drug-likeness (QED) is 0.212. The summed E-state index contributed by atoms with van der Waals surface area (Å²) in [4.78, 5) is 36.2. The minimum Gasteiger partial charge on any atom is -0.426 e. The van der Waals surface area contributed by atoms with Crippen LogP contribution in [0.2, 0.25) is 0 Å². The van der Waals surface area contributed by atoms with Crippen molar-refractivity contribution in [2.45, 2.75) is 25.3 Å². The van der Waals surface area contributed by atoms with Crippen molar-refractivity contribution < 1.29 is 19.1 Å². The monoisotopic (exact) mass is 505 g/mol. The van der Waals surface area contributed by atoms with Gasteiger partial charge in [-0.25, -0.2) is 4.79 Å². The summed E-state index contributed by atoms with van der Waals surface area (Å²) in [6.45, 7) is 1.71. The number of rotatable bonds is 11. The Labute approximate surface area is 216 Å². The SMILES string of the molecule is CN(C)CCc1c[nH]c2cccc(OC(=O)CC(N)C(=O)Oc3cccc4[nH]cc(CCN(C)C)c34)c12. The first-order valence-corrected chi connectivity index (χ1v) is 12.4. The number of nitrogens with one attached hydrogen (secondary N) is 2. The summed E-state index contributed by atoms with van der Waals surface area (Å²) >= 11 is 0. The Morgan fingerprint density at radius 3 is 1.78 bits per heavy atom. The molecule has 4 aromatic rings. The lowest BCUT2D eigenvalue weighted by molar-refractivity contribution is -0.141. The molecular formula is C28H35N5O4. The van der Waals surface area contributed by atoms with Crippen LogP contribution >= 0.6 is 0 Å². The number of nitrogens with zero attached hydrogens (tertiary/aromatic N) is 2. The van der Waals surface area contributed by atoms with Gasteiger partial charge in [0.1, 0.15) is 17.5 Å². The maximum absolute atomic E-state index is 12.8. The van der Waals surface area contributed by atoms with Crippen molar-refractivity contribution >= 4 is 33.7 Å². The van der Waals surface area contributed by atoms with Crippen LogP contribution in [-0.2, 0) is 22.4 Å². The first kappa shape index (κ1) is 26.4. The van der Waals surface area contributed by atoms with Gasteiger partial charge in [0.25, 0.3) is 0 Å². The van der Waals surface area contributed by atoms with Crippen molar-refractivity contribution in [2.24, 2.45) is 5.73 Å². The Balaban J connectivity index is 1.43. The first-order chi connectivity index (χ1) is 17.7. The van der Waals surface area contributed by atoms with Crippen LogP contribution in [-0.4, -0.2) is 79.0 Å². The average molecular weight is 506 g/mol. The summed E-state index contributed by atoms with van der Waals surface area (Å²) in [6.07, 6.45) is 5.15. The van der Waals surface area contributed by atoms with Gasteiger partial charge in [-0.2, -0.15) is 0 Å². The van der Waals surface area contributed by atoms with Gasteiger partial charge in [-0.05, 0) is 76.4 Å². The second-order valence-electron chi connectivity index (χ2n) is 9.80. The molecule has 2 aromatic heterocycles. The van der Waals surface area contributed by atoms with E-state index in [1.807, 2.05) is 64.8 Å². The number of nitrogens with two attached hydrogens (primary N) is 1. The first-order valence-electron chi connectivity index (χ1n) is 12.4. The summed E-state index contributed by atoms with van der Waals surface area (Å²) in [5, 5.41) is 1.70.